The second kappa shape index (κ2) is 9.15. The minimum absolute atomic E-state index is 0.0902. The summed E-state index contributed by atoms with van der Waals surface area (Å²) in [5.41, 5.74) is 1.77. The summed E-state index contributed by atoms with van der Waals surface area (Å²) in [5, 5.41) is 4.06. The lowest BCUT2D eigenvalue weighted by Crippen LogP contribution is -2.29. The molecule has 0 radical (unpaired) electrons. The van der Waals surface area contributed by atoms with E-state index in [4.69, 9.17) is 0 Å². The second-order valence-corrected chi connectivity index (χ2v) is 8.04. The monoisotopic (exact) mass is 396 g/mol. The van der Waals surface area contributed by atoms with Crippen molar-refractivity contribution < 1.29 is 9.59 Å². The van der Waals surface area contributed by atoms with Gasteiger partial charge in [-0.3, -0.25) is 19.3 Å². The Morgan fingerprint density at radius 1 is 1.07 bits per heavy atom. The summed E-state index contributed by atoms with van der Waals surface area (Å²) in [4.78, 5) is 37.2. The summed E-state index contributed by atoms with van der Waals surface area (Å²) in [6.07, 6.45) is 12.0. The van der Waals surface area contributed by atoms with Gasteiger partial charge in [0.05, 0.1) is 5.56 Å². The van der Waals surface area contributed by atoms with Crippen molar-refractivity contribution in [2.24, 2.45) is 5.92 Å². The van der Waals surface area contributed by atoms with E-state index in [-0.39, 0.29) is 11.8 Å². The van der Waals surface area contributed by atoms with Crippen LogP contribution in [0.1, 0.15) is 48.0 Å². The smallest absolute Gasteiger partial charge is 0.255 e. The Labute approximate surface area is 170 Å². The van der Waals surface area contributed by atoms with Gasteiger partial charge in [-0.25, -0.2) is 4.98 Å². The Balaban J connectivity index is 1.25. The first-order valence-corrected chi connectivity index (χ1v) is 10.5. The summed E-state index contributed by atoms with van der Waals surface area (Å²) in [6.45, 7) is 4.00. The fourth-order valence-electron chi connectivity index (χ4n) is 4.28. The molecule has 2 amide bonds. The predicted molar refractivity (Wildman–Crippen MR) is 107 cm³/mol. The first-order chi connectivity index (χ1) is 14.2. The second-order valence-electron chi connectivity index (χ2n) is 8.04. The fraction of sp³-hybridized carbons (Fsp3) is 0.571. The molecule has 1 unspecified atom stereocenters. The highest BCUT2D eigenvalue weighted by Gasteiger charge is 2.26. The van der Waals surface area contributed by atoms with Gasteiger partial charge < -0.3 is 9.80 Å². The zero-order chi connectivity index (χ0) is 20.1. The van der Waals surface area contributed by atoms with Gasteiger partial charge in [0.25, 0.3) is 5.91 Å². The number of carbonyl (C=O) groups excluding carboxylic acids is 2. The van der Waals surface area contributed by atoms with Crippen LogP contribution in [0.25, 0.3) is 0 Å². The maximum atomic E-state index is 12.6. The molecule has 154 valence electrons. The highest BCUT2D eigenvalue weighted by atomic mass is 16.2. The van der Waals surface area contributed by atoms with Crippen LogP contribution in [0, 0.1) is 5.92 Å². The molecule has 0 aromatic carbocycles. The van der Waals surface area contributed by atoms with Crippen LogP contribution >= 0.6 is 0 Å². The standard InChI is InChI=1S/C21H28N6O2/c28-20(4-3-8-27-16-23-15-24-27)26-9-5-17(14-26)10-18-11-19(13-22-12-18)21(29)25-6-1-2-7-25/h11-13,15-17H,1-10,14H2. The molecular weight excluding hydrogens is 368 g/mol. The molecule has 8 heteroatoms. The van der Waals surface area contributed by atoms with E-state index in [0.29, 0.717) is 24.4 Å². The normalized spacial score (nSPS) is 19.1. The van der Waals surface area contributed by atoms with Crippen molar-refractivity contribution in [1.29, 1.82) is 0 Å². The van der Waals surface area contributed by atoms with Gasteiger partial charge in [0, 0.05) is 51.5 Å². The lowest BCUT2D eigenvalue weighted by Gasteiger charge is -2.17. The van der Waals surface area contributed by atoms with E-state index < -0.39 is 0 Å². The van der Waals surface area contributed by atoms with Crippen molar-refractivity contribution in [1.82, 2.24) is 29.5 Å². The zero-order valence-electron chi connectivity index (χ0n) is 16.7. The van der Waals surface area contributed by atoms with Crippen LogP contribution in [0.3, 0.4) is 0 Å². The van der Waals surface area contributed by atoms with Crippen molar-refractivity contribution in [2.45, 2.75) is 45.1 Å². The van der Waals surface area contributed by atoms with Gasteiger partial charge in [-0.2, -0.15) is 5.10 Å². The molecule has 2 aromatic rings. The van der Waals surface area contributed by atoms with Crippen molar-refractivity contribution in [3.63, 3.8) is 0 Å². The molecule has 2 aliphatic rings. The Morgan fingerprint density at radius 2 is 1.93 bits per heavy atom. The van der Waals surface area contributed by atoms with Crippen LogP contribution in [0.4, 0.5) is 0 Å². The lowest BCUT2D eigenvalue weighted by atomic mass is 9.99. The summed E-state index contributed by atoms with van der Waals surface area (Å²) in [6, 6.07) is 1.98. The quantitative estimate of drug-likeness (QED) is 0.712. The first kappa shape index (κ1) is 19.5. The number of hydrogen-bond donors (Lipinski definition) is 0. The topological polar surface area (TPSA) is 84.2 Å². The number of rotatable bonds is 7. The molecule has 0 aliphatic carbocycles. The average Bonchev–Trinajstić information content (AvgIpc) is 3.50. The third-order valence-corrected chi connectivity index (χ3v) is 5.84. The van der Waals surface area contributed by atoms with Crippen LogP contribution < -0.4 is 0 Å². The first-order valence-electron chi connectivity index (χ1n) is 10.5. The van der Waals surface area contributed by atoms with Gasteiger partial charge >= 0.3 is 0 Å². The minimum atomic E-state index is 0.0902. The van der Waals surface area contributed by atoms with Crippen LogP contribution in [-0.4, -0.2) is 67.5 Å². The number of hydrogen-bond acceptors (Lipinski definition) is 5. The predicted octanol–water partition coefficient (Wildman–Crippen LogP) is 1.78. The van der Waals surface area contributed by atoms with Crippen molar-refractivity contribution in [2.75, 3.05) is 26.2 Å². The van der Waals surface area contributed by atoms with E-state index in [1.54, 1.807) is 17.2 Å². The van der Waals surface area contributed by atoms with Crippen molar-refractivity contribution in [3.8, 4) is 0 Å². The zero-order valence-corrected chi connectivity index (χ0v) is 16.7. The number of aryl methyl sites for hydroxylation is 1. The van der Waals surface area contributed by atoms with Gasteiger partial charge in [0.15, 0.2) is 0 Å². The molecule has 2 aromatic heterocycles. The Kier molecular flexibility index (Phi) is 6.17. The largest absolute Gasteiger partial charge is 0.342 e. The number of carbonyl (C=O) groups is 2. The highest BCUT2D eigenvalue weighted by Crippen LogP contribution is 2.22. The summed E-state index contributed by atoms with van der Waals surface area (Å²) < 4.78 is 1.75. The number of nitrogens with zero attached hydrogens (tertiary/aromatic N) is 6. The number of amides is 2. The van der Waals surface area contributed by atoms with Gasteiger partial charge in [-0.1, -0.05) is 0 Å². The Hall–Kier alpha value is -2.77. The Bertz CT molecular complexity index is 831. The van der Waals surface area contributed by atoms with Crippen LogP contribution in [-0.2, 0) is 17.8 Å². The number of pyridine rings is 1. The molecule has 4 rings (SSSR count). The van der Waals surface area contributed by atoms with E-state index in [1.165, 1.54) is 6.33 Å². The van der Waals surface area contributed by atoms with Crippen molar-refractivity contribution in [3.05, 3.63) is 42.2 Å². The van der Waals surface area contributed by atoms with Gasteiger partial charge in [0.2, 0.25) is 5.91 Å². The van der Waals surface area contributed by atoms with E-state index in [2.05, 4.69) is 15.1 Å². The third kappa shape index (κ3) is 4.99. The van der Waals surface area contributed by atoms with E-state index in [1.807, 2.05) is 22.1 Å². The van der Waals surface area contributed by atoms with E-state index in [9.17, 15) is 9.59 Å². The third-order valence-electron chi connectivity index (χ3n) is 5.84. The highest BCUT2D eigenvalue weighted by molar-refractivity contribution is 5.94. The van der Waals surface area contributed by atoms with Crippen LogP contribution in [0.15, 0.2) is 31.1 Å². The molecule has 0 N–H and O–H groups in total. The fourth-order valence-corrected chi connectivity index (χ4v) is 4.28. The lowest BCUT2D eigenvalue weighted by molar-refractivity contribution is -0.130. The summed E-state index contributed by atoms with van der Waals surface area (Å²) in [7, 11) is 0. The summed E-state index contributed by atoms with van der Waals surface area (Å²) in [5.74, 6) is 0.726. The maximum absolute atomic E-state index is 12.6. The van der Waals surface area contributed by atoms with Crippen molar-refractivity contribution >= 4 is 11.8 Å². The molecule has 0 bridgehead atoms. The molecule has 0 spiro atoms. The summed E-state index contributed by atoms with van der Waals surface area (Å²) >= 11 is 0. The molecule has 4 heterocycles. The molecule has 2 fully saturated rings. The molecule has 2 aliphatic heterocycles. The molecule has 0 saturated carbocycles. The van der Waals surface area contributed by atoms with E-state index >= 15 is 0 Å². The molecule has 29 heavy (non-hydrogen) atoms. The SMILES string of the molecule is O=C(CCCn1cncn1)N1CCC(Cc2cncc(C(=O)N3CCCC3)c2)C1. The maximum Gasteiger partial charge on any atom is 0.255 e. The van der Waals surface area contributed by atoms with E-state index in [0.717, 1.165) is 63.8 Å². The average molecular weight is 396 g/mol. The minimum Gasteiger partial charge on any atom is -0.342 e. The van der Waals surface area contributed by atoms with Crippen LogP contribution in [0.2, 0.25) is 0 Å². The molecule has 1 atom stereocenters. The number of likely N-dealkylation sites (tertiary alicyclic amines) is 2. The Morgan fingerprint density at radius 3 is 2.72 bits per heavy atom. The molecule has 8 nitrogen and oxygen atoms in total. The van der Waals surface area contributed by atoms with Gasteiger partial charge in [0.1, 0.15) is 12.7 Å². The number of aromatic nitrogens is 4. The molecule has 2 saturated heterocycles. The van der Waals surface area contributed by atoms with Gasteiger partial charge in [-0.15, -0.1) is 0 Å². The van der Waals surface area contributed by atoms with Gasteiger partial charge in [-0.05, 0) is 49.7 Å². The van der Waals surface area contributed by atoms with Crippen LogP contribution in [0.5, 0.6) is 0 Å². The molecular formula is C21H28N6O2.